The quantitative estimate of drug-likeness (QED) is 0.783. The predicted octanol–water partition coefficient (Wildman–Crippen LogP) is 2.07. The monoisotopic (exact) mass is 307 g/mol. The number of carbonyl (C=O) groups excluding carboxylic acids is 2. The van der Waals surface area contributed by atoms with Crippen LogP contribution in [0.15, 0.2) is 21.9 Å². The zero-order valence-electron chi connectivity index (χ0n) is 12.8. The minimum atomic E-state index is -0.439. The number of rotatable bonds is 6. The van der Waals surface area contributed by atoms with E-state index in [1.165, 1.54) is 18.7 Å². The molecule has 0 aromatic heterocycles. The highest BCUT2D eigenvalue weighted by Gasteiger charge is 2.32. The molecule has 1 aliphatic heterocycles. The molecular formula is C15H21N3O2S. The standard InChI is InChI=1S/C15H21N3O2S/c1-8(2)5-11-12(6-16)15(21-7-13(17)20)18-9(3)14(11)10(4)19/h8,11,18H,5,7H2,1-4H3,(H2,17,20)/t11-/m1/s1. The van der Waals surface area contributed by atoms with Crippen LogP contribution in [-0.4, -0.2) is 17.4 Å². The van der Waals surface area contributed by atoms with E-state index in [1.807, 2.05) is 6.92 Å². The minimum Gasteiger partial charge on any atom is -0.369 e. The maximum absolute atomic E-state index is 11.9. The van der Waals surface area contributed by atoms with Crippen molar-refractivity contribution in [2.24, 2.45) is 17.6 Å². The van der Waals surface area contributed by atoms with Crippen molar-refractivity contribution < 1.29 is 9.59 Å². The van der Waals surface area contributed by atoms with Crippen molar-refractivity contribution in [1.29, 1.82) is 5.26 Å². The first-order chi connectivity index (χ1) is 9.77. The molecule has 0 aliphatic carbocycles. The Morgan fingerprint density at radius 1 is 1.48 bits per heavy atom. The lowest BCUT2D eigenvalue weighted by molar-refractivity contribution is -0.116. The summed E-state index contributed by atoms with van der Waals surface area (Å²) in [4.78, 5) is 22.9. The number of nitrogens with two attached hydrogens (primary N) is 1. The number of carbonyl (C=O) groups is 2. The molecule has 3 N–H and O–H groups in total. The Balaban J connectivity index is 3.23. The van der Waals surface area contributed by atoms with Crippen LogP contribution in [0.1, 0.15) is 34.1 Å². The second-order valence-electron chi connectivity index (χ2n) is 5.51. The predicted molar refractivity (Wildman–Crippen MR) is 83.8 cm³/mol. The number of nitrogens with one attached hydrogen (secondary N) is 1. The molecule has 0 fully saturated rings. The lowest BCUT2D eigenvalue weighted by atomic mass is 9.81. The molecule has 0 radical (unpaired) electrons. The first-order valence-electron chi connectivity index (χ1n) is 6.82. The maximum atomic E-state index is 11.9. The Bertz CT molecular complexity index is 556. The molecule has 1 atom stereocenters. The van der Waals surface area contributed by atoms with Crippen molar-refractivity contribution in [2.45, 2.75) is 34.1 Å². The van der Waals surface area contributed by atoms with Gasteiger partial charge in [-0.1, -0.05) is 25.6 Å². The van der Waals surface area contributed by atoms with E-state index in [0.29, 0.717) is 22.1 Å². The fourth-order valence-electron chi connectivity index (χ4n) is 2.47. The first-order valence-corrected chi connectivity index (χ1v) is 7.80. The van der Waals surface area contributed by atoms with Crippen molar-refractivity contribution >= 4 is 23.5 Å². The molecule has 21 heavy (non-hydrogen) atoms. The van der Waals surface area contributed by atoms with Crippen molar-refractivity contribution in [3.8, 4) is 6.07 Å². The van der Waals surface area contributed by atoms with Crippen molar-refractivity contribution in [1.82, 2.24) is 5.32 Å². The molecule has 6 heteroatoms. The summed E-state index contributed by atoms with van der Waals surface area (Å²) in [6, 6.07) is 2.20. The minimum absolute atomic E-state index is 0.0302. The van der Waals surface area contributed by atoms with Gasteiger partial charge in [0.15, 0.2) is 5.78 Å². The third-order valence-corrected chi connectivity index (χ3v) is 4.25. The number of dihydropyridines is 1. The molecule has 0 spiro atoms. The summed E-state index contributed by atoms with van der Waals surface area (Å²) in [6.45, 7) is 7.45. The summed E-state index contributed by atoms with van der Waals surface area (Å²) in [6.07, 6.45) is 0.720. The van der Waals surface area contributed by atoms with Crippen molar-refractivity contribution in [3.63, 3.8) is 0 Å². The number of nitriles is 1. The number of ketones is 1. The molecule has 0 saturated heterocycles. The molecule has 0 unspecified atom stereocenters. The number of nitrogens with zero attached hydrogens (tertiary/aromatic N) is 1. The summed E-state index contributed by atoms with van der Waals surface area (Å²) in [7, 11) is 0. The van der Waals surface area contributed by atoms with Crippen LogP contribution in [0.25, 0.3) is 0 Å². The van der Waals surface area contributed by atoms with Gasteiger partial charge in [0.25, 0.3) is 0 Å². The van der Waals surface area contributed by atoms with E-state index in [1.54, 1.807) is 0 Å². The van der Waals surface area contributed by atoms with Gasteiger partial charge < -0.3 is 11.1 Å². The van der Waals surface area contributed by atoms with E-state index in [0.717, 1.165) is 12.1 Å². The topological polar surface area (TPSA) is 96.0 Å². The van der Waals surface area contributed by atoms with Gasteiger partial charge in [0.05, 0.1) is 22.4 Å². The maximum Gasteiger partial charge on any atom is 0.227 e. The largest absolute Gasteiger partial charge is 0.369 e. The highest BCUT2D eigenvalue weighted by molar-refractivity contribution is 8.03. The number of Topliss-reactive ketones (excluding diaryl/α,β-unsaturated/α-hetero) is 1. The van der Waals surface area contributed by atoms with E-state index in [9.17, 15) is 14.9 Å². The van der Waals surface area contributed by atoms with E-state index in [-0.39, 0.29) is 17.5 Å². The van der Waals surface area contributed by atoms with Crippen LogP contribution in [0.4, 0.5) is 0 Å². The van der Waals surface area contributed by atoms with Gasteiger partial charge in [0, 0.05) is 17.2 Å². The molecule has 1 amide bonds. The lowest BCUT2D eigenvalue weighted by Gasteiger charge is -2.29. The number of hydrogen-bond acceptors (Lipinski definition) is 5. The average molecular weight is 307 g/mol. The Hall–Kier alpha value is -1.74. The molecule has 0 aromatic rings. The van der Waals surface area contributed by atoms with Gasteiger partial charge in [0.1, 0.15) is 0 Å². The molecule has 5 nitrogen and oxygen atoms in total. The highest BCUT2D eigenvalue weighted by atomic mass is 32.2. The van der Waals surface area contributed by atoms with Gasteiger partial charge in [-0.3, -0.25) is 9.59 Å². The van der Waals surface area contributed by atoms with Crippen LogP contribution in [0.2, 0.25) is 0 Å². The molecule has 1 aliphatic rings. The Morgan fingerprint density at radius 3 is 2.52 bits per heavy atom. The van der Waals surface area contributed by atoms with Crippen LogP contribution in [0.5, 0.6) is 0 Å². The zero-order chi connectivity index (χ0) is 16.2. The van der Waals surface area contributed by atoms with Crippen molar-refractivity contribution in [3.05, 3.63) is 21.9 Å². The molecule has 1 heterocycles. The second kappa shape index (κ2) is 7.32. The number of thioether (sulfide) groups is 1. The van der Waals surface area contributed by atoms with E-state index in [2.05, 4.69) is 25.2 Å². The van der Waals surface area contributed by atoms with Crippen LogP contribution in [-0.2, 0) is 9.59 Å². The summed E-state index contributed by atoms with van der Waals surface area (Å²) in [5.74, 6) is -0.238. The smallest absolute Gasteiger partial charge is 0.227 e. The van der Waals surface area contributed by atoms with Crippen LogP contribution < -0.4 is 11.1 Å². The number of allylic oxidation sites excluding steroid dienone is 3. The zero-order valence-corrected chi connectivity index (χ0v) is 13.6. The summed E-state index contributed by atoms with van der Waals surface area (Å²) in [5, 5.41) is 13.2. The van der Waals surface area contributed by atoms with E-state index in [4.69, 9.17) is 5.73 Å². The fraction of sp³-hybridized carbons (Fsp3) is 0.533. The molecular weight excluding hydrogens is 286 g/mol. The summed E-state index contributed by atoms with van der Waals surface area (Å²) >= 11 is 1.21. The number of primary amides is 1. The lowest BCUT2D eigenvalue weighted by Crippen LogP contribution is -2.29. The van der Waals surface area contributed by atoms with Crippen molar-refractivity contribution in [2.75, 3.05) is 5.75 Å². The van der Waals surface area contributed by atoms with Crippen LogP contribution >= 0.6 is 11.8 Å². The first kappa shape index (κ1) is 17.3. The molecule has 0 bridgehead atoms. The SMILES string of the molecule is CC(=O)C1=C(C)NC(SCC(N)=O)=C(C#N)[C@H]1CC(C)C. The fourth-order valence-corrected chi connectivity index (χ4v) is 3.33. The van der Waals surface area contributed by atoms with Crippen LogP contribution in [0, 0.1) is 23.2 Å². The van der Waals surface area contributed by atoms with Gasteiger partial charge >= 0.3 is 0 Å². The second-order valence-corrected chi connectivity index (χ2v) is 6.50. The average Bonchev–Trinajstić information content (AvgIpc) is 2.34. The third kappa shape index (κ3) is 4.36. The summed E-state index contributed by atoms with van der Waals surface area (Å²) in [5.41, 5.74) is 7.09. The highest BCUT2D eigenvalue weighted by Crippen LogP contribution is 2.37. The van der Waals surface area contributed by atoms with E-state index >= 15 is 0 Å². The van der Waals surface area contributed by atoms with Gasteiger partial charge in [0.2, 0.25) is 5.91 Å². The Kier molecular flexibility index (Phi) is 6.03. The Labute approximate surface area is 129 Å². The molecule has 0 saturated carbocycles. The number of amides is 1. The van der Waals surface area contributed by atoms with Gasteiger partial charge in [-0.2, -0.15) is 5.26 Å². The van der Waals surface area contributed by atoms with Gasteiger partial charge in [-0.15, -0.1) is 0 Å². The molecule has 1 rings (SSSR count). The summed E-state index contributed by atoms with van der Waals surface area (Å²) < 4.78 is 0. The normalized spacial score (nSPS) is 18.6. The van der Waals surface area contributed by atoms with E-state index < -0.39 is 5.91 Å². The third-order valence-electron chi connectivity index (χ3n) is 3.21. The molecule has 114 valence electrons. The van der Waals surface area contributed by atoms with Gasteiger partial charge in [-0.05, 0) is 26.2 Å². The number of hydrogen-bond donors (Lipinski definition) is 2. The van der Waals surface area contributed by atoms with Gasteiger partial charge in [-0.25, -0.2) is 0 Å². The Morgan fingerprint density at radius 2 is 2.10 bits per heavy atom. The molecule has 0 aromatic carbocycles. The van der Waals surface area contributed by atoms with Crippen LogP contribution in [0.3, 0.4) is 0 Å².